The van der Waals surface area contributed by atoms with Gasteiger partial charge in [-0.05, 0) is 62.1 Å². The number of nitrogens with zero attached hydrogens (tertiary/aromatic N) is 1. The summed E-state index contributed by atoms with van der Waals surface area (Å²) in [6.07, 6.45) is 0.190. The molecule has 1 heterocycles. The van der Waals surface area contributed by atoms with E-state index in [-0.39, 0.29) is 24.8 Å². The molecule has 0 saturated heterocycles. The molecule has 0 unspecified atom stereocenters. The molecule has 0 aliphatic rings. The van der Waals surface area contributed by atoms with Gasteiger partial charge in [-0.3, -0.25) is 9.59 Å². The van der Waals surface area contributed by atoms with E-state index in [0.29, 0.717) is 10.7 Å². The number of aryl methyl sites for hydroxylation is 4. The number of rotatable bonds is 6. The predicted octanol–water partition coefficient (Wildman–Crippen LogP) is 4.80. The fraction of sp³-hybridized carbons (Fsp3) is 0.261. The molecule has 2 aromatic carbocycles. The Bertz CT molecular complexity index is 1060. The van der Waals surface area contributed by atoms with E-state index in [2.05, 4.69) is 48.5 Å². The molecule has 0 aliphatic heterocycles. The first-order chi connectivity index (χ1) is 13.8. The van der Waals surface area contributed by atoms with E-state index >= 15 is 0 Å². The number of carbonyl (C=O) groups excluding carboxylic acids is 2. The van der Waals surface area contributed by atoms with E-state index in [1.165, 1.54) is 22.5 Å². The molecule has 1 aromatic heterocycles. The Morgan fingerprint density at radius 1 is 0.966 bits per heavy atom. The maximum atomic E-state index is 12.2. The molecule has 0 atom stereocenters. The minimum Gasteiger partial charge on any atom is -0.352 e. The highest BCUT2D eigenvalue weighted by Gasteiger charge is 2.12. The van der Waals surface area contributed by atoms with Crippen LogP contribution in [0.15, 0.2) is 41.8 Å². The zero-order valence-electron chi connectivity index (χ0n) is 17.1. The number of thiazole rings is 1. The number of hydrogen-bond donors (Lipinski definition) is 2. The van der Waals surface area contributed by atoms with Crippen LogP contribution in [0.25, 0.3) is 11.3 Å². The van der Waals surface area contributed by atoms with Gasteiger partial charge in [0.05, 0.1) is 5.69 Å². The molecule has 150 valence electrons. The van der Waals surface area contributed by atoms with Crippen molar-refractivity contribution in [2.45, 2.75) is 34.1 Å². The Morgan fingerprint density at radius 2 is 1.69 bits per heavy atom. The Labute approximate surface area is 175 Å². The van der Waals surface area contributed by atoms with Gasteiger partial charge in [0.1, 0.15) is 0 Å². The minimum absolute atomic E-state index is 0.169. The van der Waals surface area contributed by atoms with Gasteiger partial charge in [-0.2, -0.15) is 0 Å². The van der Waals surface area contributed by atoms with Gasteiger partial charge in [-0.25, -0.2) is 4.98 Å². The van der Waals surface area contributed by atoms with Crippen molar-refractivity contribution in [1.82, 2.24) is 10.3 Å². The van der Waals surface area contributed by atoms with Crippen molar-refractivity contribution in [3.05, 3.63) is 69.6 Å². The second-order valence-corrected chi connectivity index (χ2v) is 8.02. The Morgan fingerprint density at radius 3 is 2.45 bits per heavy atom. The number of carbonyl (C=O) groups is 2. The normalized spacial score (nSPS) is 10.6. The number of anilines is 1. The lowest BCUT2D eigenvalue weighted by molar-refractivity contribution is -0.116. The van der Waals surface area contributed by atoms with Crippen LogP contribution in [0.1, 0.15) is 39.0 Å². The topological polar surface area (TPSA) is 71.1 Å². The first-order valence-electron chi connectivity index (χ1n) is 9.52. The number of amides is 2. The van der Waals surface area contributed by atoms with E-state index < -0.39 is 0 Å². The van der Waals surface area contributed by atoms with E-state index in [9.17, 15) is 9.59 Å². The summed E-state index contributed by atoms with van der Waals surface area (Å²) in [5.41, 5.74) is 7.10. The summed E-state index contributed by atoms with van der Waals surface area (Å²) in [5.74, 6) is -0.342. The summed E-state index contributed by atoms with van der Waals surface area (Å²) >= 11 is 1.40. The number of nitrogens with one attached hydrogen (secondary N) is 2. The summed E-state index contributed by atoms with van der Waals surface area (Å²) in [4.78, 5) is 29.0. The number of hydrogen-bond acceptors (Lipinski definition) is 4. The molecule has 0 aliphatic carbocycles. The molecule has 2 amide bonds. The molecule has 5 nitrogen and oxygen atoms in total. The van der Waals surface area contributed by atoms with Gasteiger partial charge < -0.3 is 10.6 Å². The molecule has 0 fully saturated rings. The Kier molecular flexibility index (Phi) is 6.44. The molecule has 0 bridgehead atoms. The maximum absolute atomic E-state index is 12.2. The largest absolute Gasteiger partial charge is 0.352 e. The third-order valence-corrected chi connectivity index (χ3v) is 5.65. The van der Waals surface area contributed by atoms with Crippen molar-refractivity contribution >= 4 is 28.3 Å². The Hall–Kier alpha value is -2.99. The van der Waals surface area contributed by atoms with Crippen molar-refractivity contribution in [1.29, 1.82) is 0 Å². The molecule has 3 aromatic rings. The lowest BCUT2D eigenvalue weighted by Crippen LogP contribution is -2.28. The van der Waals surface area contributed by atoms with Crippen LogP contribution in [0.3, 0.4) is 0 Å². The first kappa shape index (κ1) is 20.7. The van der Waals surface area contributed by atoms with Gasteiger partial charge in [-0.1, -0.05) is 24.3 Å². The van der Waals surface area contributed by atoms with Crippen LogP contribution in [-0.4, -0.2) is 23.3 Å². The molecule has 0 radical (unpaired) electrons. The van der Waals surface area contributed by atoms with Gasteiger partial charge in [0, 0.05) is 29.5 Å². The van der Waals surface area contributed by atoms with Gasteiger partial charge in [0.25, 0.3) is 5.91 Å². The zero-order chi connectivity index (χ0) is 21.0. The summed E-state index contributed by atoms with van der Waals surface area (Å²) in [6, 6.07) is 11.7. The summed E-state index contributed by atoms with van der Waals surface area (Å²) in [7, 11) is 0. The summed E-state index contributed by atoms with van der Waals surface area (Å²) in [5, 5.41) is 8.12. The molecule has 2 N–H and O–H groups in total. The number of aromatic nitrogens is 1. The molecule has 6 heteroatoms. The third kappa shape index (κ3) is 5.09. The van der Waals surface area contributed by atoms with Crippen LogP contribution in [0.2, 0.25) is 0 Å². The fourth-order valence-electron chi connectivity index (χ4n) is 3.09. The second kappa shape index (κ2) is 9.01. The molecule has 29 heavy (non-hydrogen) atoms. The van der Waals surface area contributed by atoms with Crippen LogP contribution in [0.5, 0.6) is 0 Å². The van der Waals surface area contributed by atoms with Gasteiger partial charge >= 0.3 is 0 Å². The fourth-order valence-corrected chi connectivity index (χ4v) is 3.81. The van der Waals surface area contributed by atoms with E-state index in [1.54, 1.807) is 6.07 Å². The highest BCUT2D eigenvalue weighted by atomic mass is 32.1. The second-order valence-electron chi connectivity index (χ2n) is 7.16. The quantitative estimate of drug-likeness (QED) is 0.616. The molecular weight excluding hydrogens is 382 g/mol. The molecule has 3 rings (SSSR count). The summed E-state index contributed by atoms with van der Waals surface area (Å²) < 4.78 is 0. The predicted molar refractivity (Wildman–Crippen MR) is 119 cm³/mol. The van der Waals surface area contributed by atoms with Crippen LogP contribution in [0, 0.1) is 27.7 Å². The highest BCUT2D eigenvalue weighted by molar-refractivity contribution is 7.14. The average molecular weight is 408 g/mol. The Balaban J connectivity index is 1.55. The van der Waals surface area contributed by atoms with E-state index in [4.69, 9.17) is 0 Å². The van der Waals surface area contributed by atoms with E-state index in [1.807, 2.05) is 30.5 Å². The van der Waals surface area contributed by atoms with Crippen molar-refractivity contribution in [3.8, 4) is 11.3 Å². The van der Waals surface area contributed by atoms with Crippen LogP contribution < -0.4 is 10.6 Å². The van der Waals surface area contributed by atoms with Gasteiger partial charge in [0.15, 0.2) is 5.13 Å². The third-order valence-electron chi connectivity index (χ3n) is 4.89. The lowest BCUT2D eigenvalue weighted by atomic mass is 9.99. The average Bonchev–Trinajstić information content (AvgIpc) is 3.13. The van der Waals surface area contributed by atoms with Crippen LogP contribution in [0.4, 0.5) is 5.13 Å². The molecule has 0 spiro atoms. The van der Waals surface area contributed by atoms with Gasteiger partial charge in [0.2, 0.25) is 5.91 Å². The summed E-state index contributed by atoms with van der Waals surface area (Å²) in [6.45, 7) is 8.40. The zero-order valence-corrected chi connectivity index (χ0v) is 17.9. The van der Waals surface area contributed by atoms with Crippen molar-refractivity contribution in [2.75, 3.05) is 11.9 Å². The lowest BCUT2D eigenvalue weighted by Gasteiger charge is -2.08. The van der Waals surface area contributed by atoms with Crippen LogP contribution in [-0.2, 0) is 4.79 Å². The number of benzene rings is 2. The monoisotopic (exact) mass is 407 g/mol. The van der Waals surface area contributed by atoms with Crippen molar-refractivity contribution in [3.63, 3.8) is 0 Å². The van der Waals surface area contributed by atoms with Gasteiger partial charge in [-0.15, -0.1) is 11.3 Å². The van der Waals surface area contributed by atoms with E-state index in [0.717, 1.165) is 22.4 Å². The maximum Gasteiger partial charge on any atom is 0.251 e. The first-order valence-corrected chi connectivity index (χ1v) is 10.4. The van der Waals surface area contributed by atoms with Crippen LogP contribution >= 0.6 is 11.3 Å². The molecular formula is C23H25N3O2S. The smallest absolute Gasteiger partial charge is 0.251 e. The highest BCUT2D eigenvalue weighted by Crippen LogP contribution is 2.29. The molecule has 0 saturated carbocycles. The van der Waals surface area contributed by atoms with Crippen molar-refractivity contribution < 1.29 is 9.59 Å². The standard InChI is InChI=1S/C23H25N3O2S/c1-14-7-5-6-8-18(14)22(28)24-10-9-21(27)26-23-25-20(13-29-23)19-12-16(3)15(2)11-17(19)4/h5-8,11-13H,9-10H2,1-4H3,(H,24,28)(H,25,26,27). The van der Waals surface area contributed by atoms with Crippen molar-refractivity contribution in [2.24, 2.45) is 0 Å². The SMILES string of the molecule is Cc1cc(C)c(-c2csc(NC(=O)CCNC(=O)c3ccccc3C)n2)cc1C. The minimum atomic E-state index is -0.173.